The Labute approximate surface area is 176 Å². The van der Waals surface area contributed by atoms with Crippen LogP contribution in [0.2, 0.25) is 0 Å². The Morgan fingerprint density at radius 3 is 2.53 bits per heavy atom. The molecule has 2 aromatic carbocycles. The summed E-state index contributed by atoms with van der Waals surface area (Å²) in [6, 6.07) is 13.1. The first-order valence-electron chi connectivity index (χ1n) is 10.5. The number of ether oxygens (including phenoxy) is 1. The number of anilines is 1. The van der Waals surface area contributed by atoms with Gasteiger partial charge in [-0.25, -0.2) is 4.39 Å². The summed E-state index contributed by atoms with van der Waals surface area (Å²) in [5, 5.41) is 2.72. The van der Waals surface area contributed by atoms with Crippen molar-refractivity contribution in [1.82, 2.24) is 4.90 Å². The summed E-state index contributed by atoms with van der Waals surface area (Å²) in [4.78, 5) is 27.9. The fourth-order valence-electron chi connectivity index (χ4n) is 3.41. The summed E-state index contributed by atoms with van der Waals surface area (Å²) in [7, 11) is 0. The molecule has 3 rings (SSSR count). The van der Waals surface area contributed by atoms with Gasteiger partial charge in [0.25, 0.3) is 11.8 Å². The van der Waals surface area contributed by atoms with Crippen molar-refractivity contribution in [1.29, 1.82) is 0 Å². The first kappa shape index (κ1) is 21.8. The number of quaternary nitrogens is 1. The van der Waals surface area contributed by atoms with E-state index < -0.39 is 0 Å². The largest absolute Gasteiger partial charge is 0.494 e. The van der Waals surface area contributed by atoms with Gasteiger partial charge in [0.1, 0.15) is 11.6 Å². The van der Waals surface area contributed by atoms with Gasteiger partial charge in [-0.15, -0.1) is 0 Å². The van der Waals surface area contributed by atoms with Crippen molar-refractivity contribution in [3.63, 3.8) is 0 Å². The molecule has 0 unspecified atom stereocenters. The number of nitrogens with zero attached hydrogens (tertiary/aromatic N) is 1. The Morgan fingerprint density at radius 1 is 1.13 bits per heavy atom. The Bertz CT molecular complexity index is 849. The minimum Gasteiger partial charge on any atom is -0.494 e. The molecule has 1 heterocycles. The third kappa shape index (κ3) is 6.29. The van der Waals surface area contributed by atoms with Gasteiger partial charge in [-0.1, -0.05) is 19.4 Å². The van der Waals surface area contributed by atoms with Crippen LogP contribution in [-0.4, -0.2) is 56.0 Å². The van der Waals surface area contributed by atoms with E-state index in [-0.39, 0.29) is 17.6 Å². The van der Waals surface area contributed by atoms with E-state index >= 15 is 0 Å². The Hall–Kier alpha value is -2.93. The van der Waals surface area contributed by atoms with Crippen LogP contribution in [0.5, 0.6) is 5.75 Å². The molecule has 7 heteroatoms. The first-order valence-corrected chi connectivity index (χ1v) is 10.5. The van der Waals surface area contributed by atoms with Crippen LogP contribution >= 0.6 is 0 Å². The number of nitrogens with one attached hydrogen (secondary N) is 2. The summed E-state index contributed by atoms with van der Waals surface area (Å²) < 4.78 is 18.9. The molecule has 30 heavy (non-hydrogen) atoms. The molecule has 0 saturated carbocycles. The van der Waals surface area contributed by atoms with Crippen LogP contribution in [0, 0.1) is 5.82 Å². The normalized spacial score (nSPS) is 14.4. The zero-order valence-electron chi connectivity index (χ0n) is 17.3. The highest BCUT2D eigenvalue weighted by Gasteiger charge is 2.26. The summed E-state index contributed by atoms with van der Waals surface area (Å²) in [5.41, 5.74) is 1.10. The van der Waals surface area contributed by atoms with E-state index in [4.69, 9.17) is 4.74 Å². The highest BCUT2D eigenvalue weighted by molar-refractivity contribution is 5.94. The number of piperazine rings is 1. The molecule has 2 amide bonds. The SMILES string of the molecule is CCCCOc1ccc(C(=O)N2CC[NH+](CC(=O)Nc3cccc(F)c3)CC2)cc1. The lowest BCUT2D eigenvalue weighted by atomic mass is 10.1. The lowest BCUT2D eigenvalue weighted by molar-refractivity contribution is -0.895. The van der Waals surface area contributed by atoms with E-state index in [1.54, 1.807) is 24.3 Å². The van der Waals surface area contributed by atoms with Crippen LogP contribution in [-0.2, 0) is 4.79 Å². The number of hydrogen-bond acceptors (Lipinski definition) is 3. The molecule has 0 radical (unpaired) electrons. The van der Waals surface area contributed by atoms with Crippen LogP contribution in [0.25, 0.3) is 0 Å². The van der Waals surface area contributed by atoms with Gasteiger partial charge in [0.2, 0.25) is 0 Å². The maximum atomic E-state index is 13.2. The molecule has 2 N–H and O–H groups in total. The second-order valence-corrected chi connectivity index (χ2v) is 7.50. The van der Waals surface area contributed by atoms with Crippen LogP contribution in [0.1, 0.15) is 30.1 Å². The monoisotopic (exact) mass is 414 g/mol. The molecule has 1 aliphatic rings. The van der Waals surface area contributed by atoms with Crippen molar-refractivity contribution >= 4 is 17.5 Å². The van der Waals surface area contributed by atoms with Crippen LogP contribution in [0.3, 0.4) is 0 Å². The number of amides is 2. The quantitative estimate of drug-likeness (QED) is 0.650. The van der Waals surface area contributed by atoms with Gasteiger partial charge >= 0.3 is 0 Å². The lowest BCUT2D eigenvalue weighted by Crippen LogP contribution is -3.15. The fraction of sp³-hybridized carbons (Fsp3) is 0.391. The number of halogens is 1. The molecule has 1 aliphatic heterocycles. The van der Waals surface area contributed by atoms with Crippen molar-refractivity contribution in [2.45, 2.75) is 19.8 Å². The second-order valence-electron chi connectivity index (χ2n) is 7.50. The molecular weight excluding hydrogens is 385 g/mol. The third-order valence-electron chi connectivity index (χ3n) is 5.14. The van der Waals surface area contributed by atoms with E-state index in [9.17, 15) is 14.0 Å². The third-order valence-corrected chi connectivity index (χ3v) is 5.14. The van der Waals surface area contributed by atoms with Crippen molar-refractivity contribution in [3.8, 4) is 5.75 Å². The standard InChI is InChI=1S/C23H28FN3O3/c1-2-3-15-30-21-9-7-18(8-10-21)23(29)27-13-11-26(12-14-27)17-22(28)25-20-6-4-5-19(24)16-20/h4-10,16H,2-3,11-15,17H2,1H3,(H,25,28)/p+1. The zero-order chi connectivity index (χ0) is 21.3. The molecule has 0 aliphatic carbocycles. The van der Waals surface area contributed by atoms with Crippen molar-refractivity contribution in [3.05, 3.63) is 59.9 Å². The summed E-state index contributed by atoms with van der Waals surface area (Å²) in [6.07, 6.45) is 2.09. The highest BCUT2D eigenvalue weighted by Crippen LogP contribution is 2.14. The molecular formula is C23H29FN3O3+. The predicted octanol–water partition coefficient (Wildman–Crippen LogP) is 1.98. The van der Waals surface area contributed by atoms with Crippen LogP contribution in [0.15, 0.2) is 48.5 Å². The van der Waals surface area contributed by atoms with Crippen LogP contribution < -0.4 is 15.0 Å². The number of carbonyl (C=O) groups is 2. The average molecular weight is 415 g/mol. The number of unbranched alkanes of at least 4 members (excludes halogenated alkanes) is 1. The van der Waals surface area contributed by atoms with Crippen molar-refractivity contribution in [2.24, 2.45) is 0 Å². The average Bonchev–Trinajstić information content (AvgIpc) is 2.74. The maximum Gasteiger partial charge on any atom is 0.279 e. The van der Waals surface area contributed by atoms with Crippen molar-refractivity contribution in [2.75, 3.05) is 44.6 Å². The Kier molecular flexibility index (Phi) is 7.79. The molecule has 0 aromatic heterocycles. The number of hydrogen-bond donors (Lipinski definition) is 2. The van der Waals surface area contributed by atoms with E-state index in [1.807, 2.05) is 17.0 Å². The molecule has 1 fully saturated rings. The van der Waals surface area contributed by atoms with Gasteiger partial charge in [0.05, 0.1) is 32.8 Å². The maximum absolute atomic E-state index is 13.2. The molecule has 0 spiro atoms. The van der Waals surface area contributed by atoms with E-state index in [0.29, 0.717) is 50.6 Å². The summed E-state index contributed by atoms with van der Waals surface area (Å²) >= 11 is 0. The first-order chi connectivity index (χ1) is 14.5. The smallest absolute Gasteiger partial charge is 0.279 e. The summed E-state index contributed by atoms with van der Waals surface area (Å²) in [6.45, 7) is 5.67. The van der Waals surface area contributed by atoms with Gasteiger partial charge in [-0.2, -0.15) is 0 Å². The molecule has 0 atom stereocenters. The minimum atomic E-state index is -0.382. The van der Waals surface area contributed by atoms with Gasteiger partial charge in [0, 0.05) is 11.3 Å². The molecule has 1 saturated heterocycles. The van der Waals surface area contributed by atoms with Crippen LogP contribution in [0.4, 0.5) is 10.1 Å². The van der Waals surface area contributed by atoms with Gasteiger partial charge in [0.15, 0.2) is 6.54 Å². The fourth-order valence-corrected chi connectivity index (χ4v) is 3.41. The topological polar surface area (TPSA) is 63.1 Å². The van der Waals surface area contributed by atoms with Gasteiger partial charge in [-0.05, 0) is 48.9 Å². The Balaban J connectivity index is 1.44. The Morgan fingerprint density at radius 2 is 1.87 bits per heavy atom. The van der Waals surface area contributed by atoms with Crippen molar-refractivity contribution < 1.29 is 23.6 Å². The van der Waals surface area contributed by atoms with E-state index in [0.717, 1.165) is 23.5 Å². The second kappa shape index (κ2) is 10.7. The van der Waals surface area contributed by atoms with Gasteiger partial charge < -0.3 is 19.9 Å². The number of rotatable bonds is 8. The zero-order valence-corrected chi connectivity index (χ0v) is 17.3. The molecule has 2 aromatic rings. The highest BCUT2D eigenvalue weighted by atomic mass is 19.1. The lowest BCUT2D eigenvalue weighted by Gasteiger charge is -2.32. The van der Waals surface area contributed by atoms with E-state index in [2.05, 4.69) is 12.2 Å². The number of benzene rings is 2. The van der Waals surface area contributed by atoms with Gasteiger partial charge in [-0.3, -0.25) is 9.59 Å². The molecule has 0 bridgehead atoms. The van der Waals surface area contributed by atoms with E-state index in [1.165, 1.54) is 12.1 Å². The molecule has 160 valence electrons. The predicted molar refractivity (Wildman–Crippen MR) is 113 cm³/mol. The minimum absolute atomic E-state index is 0.00151. The molecule has 6 nitrogen and oxygen atoms in total. The number of carbonyl (C=O) groups excluding carboxylic acids is 2. The summed E-state index contributed by atoms with van der Waals surface area (Å²) in [5.74, 6) is 0.235.